The molecule has 1 rings (SSSR count). The van der Waals surface area contributed by atoms with Crippen LogP contribution < -0.4 is 5.32 Å². The summed E-state index contributed by atoms with van der Waals surface area (Å²) in [6.07, 6.45) is 1.14. The van der Waals surface area contributed by atoms with Gasteiger partial charge in [0.2, 0.25) is 0 Å². The van der Waals surface area contributed by atoms with E-state index in [1.807, 2.05) is 11.8 Å². The fourth-order valence-corrected chi connectivity index (χ4v) is 2.62. The van der Waals surface area contributed by atoms with Crippen LogP contribution in [0.4, 0.5) is 0 Å². The van der Waals surface area contributed by atoms with E-state index in [-0.39, 0.29) is 0 Å². The quantitative estimate of drug-likeness (QED) is 0.781. The molecular weight excluding hydrogens is 214 g/mol. The van der Waals surface area contributed by atoms with Crippen molar-refractivity contribution < 1.29 is 0 Å². The maximum absolute atomic E-state index is 3.56. The second kappa shape index (κ2) is 7.75. The predicted molar refractivity (Wildman–Crippen MR) is 75.3 cm³/mol. The van der Waals surface area contributed by atoms with E-state index in [2.05, 4.69) is 50.4 Å². The molecule has 0 aromatic heterocycles. The third-order valence-corrected chi connectivity index (χ3v) is 3.63. The molecule has 0 heterocycles. The summed E-state index contributed by atoms with van der Waals surface area (Å²) in [7, 11) is 0. The lowest BCUT2D eigenvalue weighted by Gasteiger charge is -2.17. The molecule has 0 aliphatic carbocycles. The molecule has 1 aromatic carbocycles. The van der Waals surface area contributed by atoms with E-state index >= 15 is 0 Å². The lowest BCUT2D eigenvalue weighted by molar-refractivity contribution is 0.572. The molecule has 0 radical (unpaired) electrons. The highest BCUT2D eigenvalue weighted by molar-refractivity contribution is 7.99. The summed E-state index contributed by atoms with van der Waals surface area (Å²) in [5, 5.41) is 3.56. The van der Waals surface area contributed by atoms with Crippen LogP contribution in [0.2, 0.25) is 0 Å². The van der Waals surface area contributed by atoms with Gasteiger partial charge < -0.3 is 5.32 Å². The predicted octanol–water partition coefficient (Wildman–Crippen LogP) is 3.27. The van der Waals surface area contributed by atoms with Crippen molar-refractivity contribution in [1.29, 1.82) is 0 Å². The molecule has 0 spiro atoms. The van der Waals surface area contributed by atoms with Crippen LogP contribution in [-0.2, 0) is 6.42 Å². The average molecular weight is 237 g/mol. The molecule has 90 valence electrons. The fourth-order valence-electron chi connectivity index (χ4n) is 1.86. The number of aryl methyl sites for hydroxylation is 1. The summed E-state index contributed by atoms with van der Waals surface area (Å²) in [4.78, 5) is 0. The first kappa shape index (κ1) is 13.6. The first-order valence-electron chi connectivity index (χ1n) is 6.13. The van der Waals surface area contributed by atoms with Gasteiger partial charge in [0, 0.05) is 11.8 Å². The van der Waals surface area contributed by atoms with E-state index in [4.69, 9.17) is 0 Å². The second-order valence-electron chi connectivity index (χ2n) is 4.11. The molecule has 1 N–H and O–H groups in total. The van der Waals surface area contributed by atoms with Crippen molar-refractivity contribution in [2.75, 3.05) is 18.1 Å². The molecule has 1 atom stereocenters. The first-order chi connectivity index (χ1) is 7.76. The second-order valence-corrected chi connectivity index (χ2v) is 5.43. The van der Waals surface area contributed by atoms with E-state index in [0.717, 1.165) is 13.0 Å². The van der Waals surface area contributed by atoms with Crippen LogP contribution in [-0.4, -0.2) is 24.1 Å². The Morgan fingerprint density at radius 3 is 2.75 bits per heavy atom. The van der Waals surface area contributed by atoms with Crippen molar-refractivity contribution in [2.45, 2.75) is 33.2 Å². The van der Waals surface area contributed by atoms with Crippen LogP contribution in [0, 0.1) is 6.92 Å². The minimum Gasteiger partial charge on any atom is -0.313 e. The number of hydrogen-bond donors (Lipinski definition) is 1. The third kappa shape index (κ3) is 5.04. The molecule has 16 heavy (non-hydrogen) atoms. The van der Waals surface area contributed by atoms with E-state index in [1.54, 1.807) is 0 Å². The Kier molecular flexibility index (Phi) is 6.58. The SMILES string of the molecule is CCNC(CSCC)Cc1cccc(C)c1. The molecule has 0 aliphatic rings. The molecule has 0 saturated heterocycles. The zero-order valence-electron chi connectivity index (χ0n) is 10.6. The Morgan fingerprint density at radius 2 is 2.12 bits per heavy atom. The minimum absolute atomic E-state index is 0.608. The highest BCUT2D eigenvalue weighted by Gasteiger charge is 2.07. The Morgan fingerprint density at radius 1 is 1.31 bits per heavy atom. The fraction of sp³-hybridized carbons (Fsp3) is 0.571. The van der Waals surface area contributed by atoms with E-state index < -0.39 is 0 Å². The minimum atomic E-state index is 0.608. The van der Waals surface area contributed by atoms with Crippen LogP contribution in [0.15, 0.2) is 24.3 Å². The lowest BCUT2D eigenvalue weighted by Crippen LogP contribution is -2.33. The summed E-state index contributed by atoms with van der Waals surface area (Å²) in [6, 6.07) is 9.44. The van der Waals surface area contributed by atoms with Crippen molar-refractivity contribution in [3.63, 3.8) is 0 Å². The zero-order chi connectivity index (χ0) is 11.8. The Balaban J connectivity index is 2.52. The normalized spacial score (nSPS) is 12.7. The Hall–Kier alpha value is -0.470. The molecular formula is C14H23NS. The number of benzene rings is 1. The van der Waals surface area contributed by atoms with Gasteiger partial charge in [0.05, 0.1) is 0 Å². The number of hydrogen-bond acceptors (Lipinski definition) is 2. The lowest BCUT2D eigenvalue weighted by atomic mass is 10.0. The average Bonchev–Trinajstić information content (AvgIpc) is 2.26. The molecule has 1 aromatic rings. The van der Waals surface area contributed by atoms with Crippen LogP contribution in [0.1, 0.15) is 25.0 Å². The smallest absolute Gasteiger partial charge is 0.0198 e. The standard InChI is InChI=1S/C14H23NS/c1-4-15-14(11-16-5-2)10-13-8-6-7-12(3)9-13/h6-9,14-15H,4-5,10-11H2,1-3H3. The van der Waals surface area contributed by atoms with Gasteiger partial charge in [-0.2, -0.15) is 11.8 Å². The van der Waals surface area contributed by atoms with Gasteiger partial charge in [0.1, 0.15) is 0 Å². The highest BCUT2D eigenvalue weighted by atomic mass is 32.2. The van der Waals surface area contributed by atoms with Gasteiger partial charge >= 0.3 is 0 Å². The summed E-state index contributed by atoms with van der Waals surface area (Å²) < 4.78 is 0. The number of nitrogens with one attached hydrogen (secondary N) is 1. The summed E-state index contributed by atoms with van der Waals surface area (Å²) in [5.41, 5.74) is 2.80. The monoisotopic (exact) mass is 237 g/mol. The zero-order valence-corrected chi connectivity index (χ0v) is 11.4. The first-order valence-corrected chi connectivity index (χ1v) is 7.28. The van der Waals surface area contributed by atoms with Gasteiger partial charge in [-0.25, -0.2) is 0 Å². The molecule has 0 bridgehead atoms. The van der Waals surface area contributed by atoms with Crippen molar-refractivity contribution >= 4 is 11.8 Å². The van der Waals surface area contributed by atoms with Crippen molar-refractivity contribution in [1.82, 2.24) is 5.32 Å². The van der Waals surface area contributed by atoms with Gasteiger partial charge in [-0.05, 0) is 31.2 Å². The molecule has 0 amide bonds. The van der Waals surface area contributed by atoms with Gasteiger partial charge in [-0.1, -0.05) is 43.7 Å². The third-order valence-electron chi connectivity index (χ3n) is 2.58. The van der Waals surface area contributed by atoms with Crippen molar-refractivity contribution in [2.24, 2.45) is 0 Å². The highest BCUT2D eigenvalue weighted by Crippen LogP contribution is 2.10. The van der Waals surface area contributed by atoms with E-state index in [0.29, 0.717) is 6.04 Å². The maximum Gasteiger partial charge on any atom is 0.0198 e. The largest absolute Gasteiger partial charge is 0.313 e. The summed E-state index contributed by atoms with van der Waals surface area (Å²) in [6.45, 7) is 7.62. The molecule has 1 nitrogen and oxygen atoms in total. The Bertz CT molecular complexity index is 299. The summed E-state index contributed by atoms with van der Waals surface area (Å²) >= 11 is 2.02. The molecule has 0 aliphatic heterocycles. The molecule has 1 unspecified atom stereocenters. The van der Waals surface area contributed by atoms with Crippen molar-refractivity contribution in [3.05, 3.63) is 35.4 Å². The topological polar surface area (TPSA) is 12.0 Å². The van der Waals surface area contributed by atoms with Gasteiger partial charge in [0.15, 0.2) is 0 Å². The molecule has 0 fully saturated rings. The van der Waals surface area contributed by atoms with E-state index in [1.165, 1.54) is 22.6 Å². The number of likely N-dealkylation sites (N-methyl/N-ethyl adjacent to an activating group) is 1. The molecule has 2 heteroatoms. The number of thioether (sulfide) groups is 1. The van der Waals surface area contributed by atoms with Gasteiger partial charge in [0.25, 0.3) is 0 Å². The Labute approximate surface area is 104 Å². The summed E-state index contributed by atoms with van der Waals surface area (Å²) in [5.74, 6) is 2.41. The van der Waals surface area contributed by atoms with Crippen LogP contribution >= 0.6 is 11.8 Å². The van der Waals surface area contributed by atoms with Crippen LogP contribution in [0.25, 0.3) is 0 Å². The van der Waals surface area contributed by atoms with Gasteiger partial charge in [-0.3, -0.25) is 0 Å². The number of rotatable bonds is 7. The van der Waals surface area contributed by atoms with E-state index in [9.17, 15) is 0 Å². The molecule has 0 saturated carbocycles. The maximum atomic E-state index is 3.56. The van der Waals surface area contributed by atoms with Crippen LogP contribution in [0.3, 0.4) is 0 Å². The van der Waals surface area contributed by atoms with Crippen molar-refractivity contribution in [3.8, 4) is 0 Å². The van der Waals surface area contributed by atoms with Crippen LogP contribution in [0.5, 0.6) is 0 Å². The van der Waals surface area contributed by atoms with Gasteiger partial charge in [-0.15, -0.1) is 0 Å².